The third kappa shape index (κ3) is 5.42. The molecule has 0 radical (unpaired) electrons. The topological polar surface area (TPSA) is 45.5 Å². The first kappa shape index (κ1) is 19.6. The minimum absolute atomic E-state index is 0.225. The molecule has 6 heteroatoms. The van der Waals surface area contributed by atoms with Gasteiger partial charge in [-0.05, 0) is 30.2 Å². The summed E-state index contributed by atoms with van der Waals surface area (Å²) in [4.78, 5) is 11.2. The second-order valence-electron chi connectivity index (χ2n) is 6.61. The van der Waals surface area contributed by atoms with Crippen LogP contribution in [0.25, 0.3) is 0 Å². The van der Waals surface area contributed by atoms with E-state index in [0.717, 1.165) is 30.4 Å². The van der Waals surface area contributed by atoms with Crippen LogP contribution in [-0.2, 0) is 19.6 Å². The van der Waals surface area contributed by atoms with E-state index in [1.807, 2.05) is 49.5 Å². The second kappa shape index (κ2) is 9.69. The Balaban J connectivity index is 1.69. The van der Waals surface area contributed by atoms with Gasteiger partial charge in [-0.25, -0.2) is 14.4 Å². The lowest BCUT2D eigenvalue weighted by Gasteiger charge is -2.22. The fraction of sp³-hybridized carbons (Fsp3) is 0.273. The summed E-state index contributed by atoms with van der Waals surface area (Å²) in [6, 6.07) is 16.9. The highest BCUT2D eigenvalue weighted by molar-refractivity contribution is 5.79. The number of hydrogen-bond donors (Lipinski definition) is 1. The van der Waals surface area contributed by atoms with Gasteiger partial charge in [-0.1, -0.05) is 42.5 Å². The molecule has 1 N–H and O–H groups in total. The maximum absolute atomic E-state index is 13.1. The average Bonchev–Trinajstić information content (AvgIpc) is 3.14. The largest absolute Gasteiger partial charge is 0.357 e. The second-order valence-corrected chi connectivity index (χ2v) is 6.61. The van der Waals surface area contributed by atoms with Crippen molar-refractivity contribution in [2.24, 2.45) is 4.99 Å². The molecule has 28 heavy (non-hydrogen) atoms. The van der Waals surface area contributed by atoms with Crippen LogP contribution in [0, 0.1) is 5.82 Å². The number of rotatable bonds is 7. The normalized spacial score (nSPS) is 11.5. The van der Waals surface area contributed by atoms with Gasteiger partial charge in [0.25, 0.3) is 0 Å². The maximum Gasteiger partial charge on any atom is 0.194 e. The molecule has 0 aliphatic heterocycles. The lowest BCUT2D eigenvalue weighted by Crippen LogP contribution is -2.38. The molecule has 0 fully saturated rings. The Kier molecular flexibility index (Phi) is 6.78. The van der Waals surface area contributed by atoms with Crippen LogP contribution in [0.4, 0.5) is 4.39 Å². The van der Waals surface area contributed by atoms with Gasteiger partial charge in [-0.3, -0.25) is 0 Å². The van der Waals surface area contributed by atoms with Crippen molar-refractivity contribution in [3.63, 3.8) is 0 Å². The Labute approximate surface area is 165 Å². The molecule has 1 aromatic heterocycles. The summed E-state index contributed by atoms with van der Waals surface area (Å²) in [6.07, 6.45) is 3.79. The molecule has 0 aliphatic carbocycles. The molecule has 3 aromatic rings. The smallest absolute Gasteiger partial charge is 0.194 e. The molecule has 0 atom stereocenters. The fourth-order valence-corrected chi connectivity index (χ4v) is 2.97. The van der Waals surface area contributed by atoms with E-state index in [9.17, 15) is 4.39 Å². The van der Waals surface area contributed by atoms with Crippen molar-refractivity contribution >= 4 is 5.96 Å². The van der Waals surface area contributed by atoms with Crippen molar-refractivity contribution < 1.29 is 4.39 Å². The van der Waals surface area contributed by atoms with E-state index in [4.69, 9.17) is 4.99 Å². The number of aliphatic imine (C=N–C) groups is 1. The van der Waals surface area contributed by atoms with Gasteiger partial charge in [0.05, 0.1) is 0 Å². The zero-order valence-corrected chi connectivity index (χ0v) is 16.3. The fourth-order valence-electron chi connectivity index (χ4n) is 2.97. The predicted molar refractivity (Wildman–Crippen MR) is 110 cm³/mol. The third-order valence-corrected chi connectivity index (χ3v) is 4.40. The van der Waals surface area contributed by atoms with Crippen molar-refractivity contribution in [2.75, 3.05) is 13.6 Å². The number of nitrogens with zero attached hydrogens (tertiary/aromatic N) is 4. The van der Waals surface area contributed by atoms with E-state index >= 15 is 0 Å². The molecule has 0 aliphatic rings. The molecule has 3 rings (SSSR count). The Morgan fingerprint density at radius 3 is 2.57 bits per heavy atom. The van der Waals surface area contributed by atoms with E-state index in [2.05, 4.69) is 27.0 Å². The summed E-state index contributed by atoms with van der Waals surface area (Å²) in [6.45, 7) is 4.71. The van der Waals surface area contributed by atoms with E-state index in [1.54, 1.807) is 12.1 Å². The number of imidazole rings is 1. The van der Waals surface area contributed by atoms with Gasteiger partial charge in [-0.2, -0.15) is 0 Å². The highest BCUT2D eigenvalue weighted by atomic mass is 19.1. The number of hydrogen-bond acceptors (Lipinski definition) is 2. The lowest BCUT2D eigenvalue weighted by molar-refractivity contribution is 0.475. The van der Waals surface area contributed by atoms with E-state index < -0.39 is 0 Å². The van der Waals surface area contributed by atoms with Crippen molar-refractivity contribution in [2.45, 2.75) is 26.6 Å². The monoisotopic (exact) mass is 379 g/mol. The van der Waals surface area contributed by atoms with Crippen LogP contribution < -0.4 is 5.32 Å². The first-order chi connectivity index (χ1) is 13.7. The molecular formula is C22H26FN5. The summed E-state index contributed by atoms with van der Waals surface area (Å²) in [5, 5.41) is 3.31. The standard InChI is InChI=1S/C22H26FN5/c1-3-24-22(27(2)16-19-9-11-20(23)12-10-19)26-15-21-25-13-14-28(21)17-18-7-5-4-6-8-18/h4-14H,3,15-17H2,1-2H3,(H,24,26). The third-order valence-electron chi connectivity index (χ3n) is 4.40. The Morgan fingerprint density at radius 2 is 1.86 bits per heavy atom. The summed E-state index contributed by atoms with van der Waals surface area (Å²) < 4.78 is 15.2. The zero-order valence-electron chi connectivity index (χ0n) is 16.3. The SMILES string of the molecule is CCNC(=NCc1nccn1Cc1ccccc1)N(C)Cc1ccc(F)cc1. The highest BCUT2D eigenvalue weighted by Gasteiger charge is 2.09. The van der Waals surface area contributed by atoms with Gasteiger partial charge in [0.15, 0.2) is 5.96 Å². The predicted octanol–water partition coefficient (Wildman–Crippen LogP) is 3.67. The van der Waals surface area contributed by atoms with Gasteiger partial charge in [-0.15, -0.1) is 0 Å². The molecule has 2 aromatic carbocycles. The van der Waals surface area contributed by atoms with Gasteiger partial charge >= 0.3 is 0 Å². The van der Waals surface area contributed by atoms with Crippen LogP contribution in [0.5, 0.6) is 0 Å². The first-order valence-corrected chi connectivity index (χ1v) is 9.43. The quantitative estimate of drug-likeness (QED) is 0.503. The number of nitrogens with one attached hydrogen (secondary N) is 1. The van der Waals surface area contributed by atoms with Crippen LogP contribution >= 0.6 is 0 Å². The number of halogens is 1. The maximum atomic E-state index is 13.1. The van der Waals surface area contributed by atoms with E-state index in [0.29, 0.717) is 13.1 Å². The Bertz CT molecular complexity index is 887. The highest BCUT2D eigenvalue weighted by Crippen LogP contribution is 2.08. The molecule has 0 amide bonds. The van der Waals surface area contributed by atoms with Crippen LogP contribution in [0.15, 0.2) is 72.0 Å². The summed E-state index contributed by atoms with van der Waals surface area (Å²) in [5.41, 5.74) is 2.26. The van der Waals surface area contributed by atoms with Gasteiger partial charge in [0.2, 0.25) is 0 Å². The summed E-state index contributed by atoms with van der Waals surface area (Å²) >= 11 is 0. The van der Waals surface area contributed by atoms with Crippen molar-refractivity contribution in [3.05, 3.63) is 89.8 Å². The lowest BCUT2D eigenvalue weighted by atomic mass is 10.2. The number of aromatic nitrogens is 2. The van der Waals surface area contributed by atoms with Crippen LogP contribution in [0.3, 0.4) is 0 Å². The van der Waals surface area contributed by atoms with Crippen LogP contribution in [-0.4, -0.2) is 34.0 Å². The molecule has 146 valence electrons. The molecule has 0 spiro atoms. The minimum Gasteiger partial charge on any atom is -0.357 e. The molecule has 0 saturated heterocycles. The minimum atomic E-state index is -0.225. The van der Waals surface area contributed by atoms with Gasteiger partial charge < -0.3 is 14.8 Å². The van der Waals surface area contributed by atoms with Crippen molar-refractivity contribution in [1.29, 1.82) is 0 Å². The van der Waals surface area contributed by atoms with E-state index in [-0.39, 0.29) is 5.82 Å². The van der Waals surface area contributed by atoms with Gasteiger partial charge in [0.1, 0.15) is 18.2 Å². The van der Waals surface area contributed by atoms with E-state index in [1.165, 1.54) is 17.7 Å². The average molecular weight is 379 g/mol. The number of guanidine groups is 1. The number of benzene rings is 2. The first-order valence-electron chi connectivity index (χ1n) is 9.43. The summed E-state index contributed by atoms with van der Waals surface area (Å²) in [7, 11) is 1.97. The van der Waals surface area contributed by atoms with Gasteiger partial charge in [0, 0.05) is 39.1 Å². The van der Waals surface area contributed by atoms with Crippen LogP contribution in [0.2, 0.25) is 0 Å². The Morgan fingerprint density at radius 1 is 1.11 bits per heavy atom. The molecular weight excluding hydrogens is 353 g/mol. The zero-order chi connectivity index (χ0) is 19.8. The van der Waals surface area contributed by atoms with Crippen LogP contribution in [0.1, 0.15) is 23.9 Å². The summed E-state index contributed by atoms with van der Waals surface area (Å²) in [5.74, 6) is 1.48. The molecule has 0 bridgehead atoms. The molecule has 1 heterocycles. The molecule has 0 saturated carbocycles. The molecule has 0 unspecified atom stereocenters. The van der Waals surface area contributed by atoms with Crippen molar-refractivity contribution in [3.8, 4) is 0 Å². The Hall–Kier alpha value is -3.15. The van der Waals surface area contributed by atoms with Crippen molar-refractivity contribution in [1.82, 2.24) is 19.8 Å². The molecule has 5 nitrogen and oxygen atoms in total.